The average Bonchev–Trinajstić information content (AvgIpc) is 3.23. The summed E-state index contributed by atoms with van der Waals surface area (Å²) >= 11 is 8.26. The molecular weight excluding hydrogens is 400 g/mol. The summed E-state index contributed by atoms with van der Waals surface area (Å²) in [5.74, 6) is -0.182. The number of aromatic nitrogens is 1. The number of thiazole rings is 1. The Balaban J connectivity index is 2.04. The molecular formula is C18H18N4O2S3. The number of para-hydroxylation sites is 1. The monoisotopic (exact) mass is 418 g/mol. The Morgan fingerprint density at radius 3 is 2.33 bits per heavy atom. The van der Waals surface area contributed by atoms with Crippen molar-refractivity contribution >= 4 is 62.7 Å². The van der Waals surface area contributed by atoms with Gasteiger partial charge in [-0.2, -0.15) is 0 Å². The summed E-state index contributed by atoms with van der Waals surface area (Å²) in [6.07, 6.45) is 0. The van der Waals surface area contributed by atoms with E-state index >= 15 is 0 Å². The molecule has 0 aliphatic carbocycles. The Hall–Kier alpha value is -2.10. The highest BCUT2D eigenvalue weighted by Crippen LogP contribution is 2.44. The maximum Gasteiger partial charge on any atom is 0.279 e. The van der Waals surface area contributed by atoms with Gasteiger partial charge in [-0.15, -0.1) is 11.3 Å². The molecule has 4 rings (SSSR count). The number of nitrogens with zero attached hydrogens (tertiary/aromatic N) is 4. The number of thiocarbonyl (C=S) groups is 1. The third-order valence-corrected chi connectivity index (χ3v) is 7.84. The fourth-order valence-corrected chi connectivity index (χ4v) is 6.02. The molecule has 0 saturated carbocycles. The molecule has 27 heavy (non-hydrogen) atoms. The maximum atomic E-state index is 13.2. The van der Waals surface area contributed by atoms with Crippen LogP contribution in [0.5, 0.6) is 0 Å². The fourth-order valence-electron chi connectivity index (χ4n) is 3.25. The van der Waals surface area contributed by atoms with Gasteiger partial charge in [0.2, 0.25) is 0 Å². The molecule has 1 aromatic heterocycles. The first-order valence-electron chi connectivity index (χ1n) is 8.41. The lowest BCUT2D eigenvalue weighted by atomic mass is 10.3. The molecule has 0 N–H and O–H groups in total. The van der Waals surface area contributed by atoms with E-state index in [-0.39, 0.29) is 11.5 Å². The Kier molecular flexibility index (Phi) is 4.40. The van der Waals surface area contributed by atoms with Gasteiger partial charge in [-0.1, -0.05) is 23.9 Å². The topological polar surface area (TPSA) is 48.8 Å². The summed E-state index contributed by atoms with van der Waals surface area (Å²) in [7, 11) is 5.39. The van der Waals surface area contributed by atoms with E-state index in [2.05, 4.69) is 0 Å². The molecule has 9 heteroatoms. The number of fused-ring (bicyclic) bond motifs is 1. The number of thioether (sulfide) groups is 1. The largest absolute Gasteiger partial charge is 0.337 e. The average molecular weight is 419 g/mol. The van der Waals surface area contributed by atoms with Gasteiger partial charge in [-0.05, 0) is 31.3 Å². The van der Waals surface area contributed by atoms with Gasteiger partial charge in [0.15, 0.2) is 5.11 Å². The first-order chi connectivity index (χ1) is 12.9. The molecule has 2 aliphatic rings. The smallest absolute Gasteiger partial charge is 0.279 e. The highest BCUT2D eigenvalue weighted by molar-refractivity contribution is 8.08. The number of carbonyl (C=O) groups is 1. The van der Waals surface area contributed by atoms with Crippen molar-refractivity contribution in [3.63, 3.8) is 0 Å². The number of anilines is 1. The van der Waals surface area contributed by atoms with E-state index in [1.54, 1.807) is 35.3 Å². The number of rotatable bonds is 1. The lowest BCUT2D eigenvalue weighted by molar-refractivity contribution is -0.120. The lowest BCUT2D eigenvalue weighted by Crippen LogP contribution is -2.35. The molecule has 0 unspecified atom stereocenters. The Bertz CT molecular complexity index is 1160. The molecule has 1 fully saturated rings. The number of hydrogen-bond acceptors (Lipinski definition) is 6. The molecule has 2 aliphatic heterocycles. The minimum atomic E-state index is -0.182. The quantitative estimate of drug-likeness (QED) is 0.645. The second-order valence-electron chi connectivity index (χ2n) is 6.27. The first-order valence-corrected chi connectivity index (χ1v) is 10.5. The second-order valence-corrected chi connectivity index (χ2v) is 8.67. The maximum absolute atomic E-state index is 13.2. The van der Waals surface area contributed by atoms with Crippen LogP contribution in [0.3, 0.4) is 0 Å². The summed E-state index contributed by atoms with van der Waals surface area (Å²) < 4.78 is 2.95. The van der Waals surface area contributed by atoms with Crippen molar-refractivity contribution in [2.45, 2.75) is 18.4 Å². The first kappa shape index (κ1) is 18.3. The van der Waals surface area contributed by atoms with Crippen LogP contribution in [0.2, 0.25) is 0 Å². The summed E-state index contributed by atoms with van der Waals surface area (Å²) in [4.78, 5) is 32.2. The van der Waals surface area contributed by atoms with Gasteiger partial charge >= 0.3 is 0 Å². The minimum absolute atomic E-state index is 0.0752. The van der Waals surface area contributed by atoms with Crippen LogP contribution in [0, 0.1) is 0 Å². The van der Waals surface area contributed by atoms with E-state index in [9.17, 15) is 9.59 Å². The molecule has 0 spiro atoms. The van der Waals surface area contributed by atoms with Crippen molar-refractivity contribution in [2.75, 3.05) is 26.0 Å². The van der Waals surface area contributed by atoms with E-state index in [1.807, 2.05) is 43.1 Å². The van der Waals surface area contributed by atoms with Crippen molar-refractivity contribution < 1.29 is 4.79 Å². The van der Waals surface area contributed by atoms with Gasteiger partial charge in [0, 0.05) is 32.6 Å². The van der Waals surface area contributed by atoms with Crippen molar-refractivity contribution in [3.8, 4) is 0 Å². The van der Waals surface area contributed by atoms with Crippen LogP contribution >= 0.6 is 35.3 Å². The van der Waals surface area contributed by atoms with Crippen molar-refractivity contribution in [3.05, 3.63) is 43.8 Å². The zero-order valence-corrected chi connectivity index (χ0v) is 17.8. The molecule has 1 aromatic carbocycles. The van der Waals surface area contributed by atoms with Gasteiger partial charge in [-0.25, -0.2) is 0 Å². The summed E-state index contributed by atoms with van der Waals surface area (Å²) in [6, 6.07) is 8.07. The number of hydrogen-bond donors (Lipinski definition) is 0. The zero-order chi connectivity index (χ0) is 19.5. The van der Waals surface area contributed by atoms with E-state index in [0.717, 1.165) is 15.6 Å². The van der Waals surface area contributed by atoms with Crippen LogP contribution < -0.4 is 19.7 Å². The molecule has 0 atom stereocenters. The molecule has 0 bridgehead atoms. The van der Waals surface area contributed by atoms with E-state index in [0.29, 0.717) is 26.5 Å². The molecule has 6 nitrogen and oxygen atoms in total. The predicted octanol–water partition coefficient (Wildman–Crippen LogP) is 1.03. The summed E-state index contributed by atoms with van der Waals surface area (Å²) in [5, 5.41) is 1.33. The van der Waals surface area contributed by atoms with Gasteiger partial charge in [0.25, 0.3) is 11.5 Å². The zero-order valence-electron chi connectivity index (χ0n) is 15.3. The van der Waals surface area contributed by atoms with E-state index < -0.39 is 0 Å². The predicted molar refractivity (Wildman–Crippen MR) is 114 cm³/mol. The minimum Gasteiger partial charge on any atom is -0.337 e. The normalized spacial score (nSPS) is 20.8. The highest BCUT2D eigenvalue weighted by atomic mass is 32.2. The van der Waals surface area contributed by atoms with Crippen LogP contribution in [-0.4, -0.2) is 46.5 Å². The van der Waals surface area contributed by atoms with Crippen LogP contribution in [0.1, 0.15) is 6.92 Å². The standard InChI is InChI=1S/C18H18N4O2S3/c1-5-22-15(24)13(17-19(2)10-8-6-7-9-11(10)26-17)27-16(22)12-14(23)21(4)18(25)20(12)3/h6-9H,5H2,1-4H3/b16-12?,17-13-. The molecule has 2 aromatic rings. The summed E-state index contributed by atoms with van der Waals surface area (Å²) in [6.45, 7) is 2.40. The van der Waals surface area contributed by atoms with Crippen LogP contribution in [-0.2, 0) is 11.3 Å². The summed E-state index contributed by atoms with van der Waals surface area (Å²) in [5.41, 5.74) is 1.47. The number of likely N-dealkylation sites (N-methyl/N-ethyl adjacent to an activating group) is 2. The molecule has 140 valence electrons. The van der Waals surface area contributed by atoms with Crippen LogP contribution in [0.4, 0.5) is 5.69 Å². The fraction of sp³-hybridized carbons (Fsp3) is 0.278. The van der Waals surface area contributed by atoms with Gasteiger partial charge in [0.1, 0.15) is 19.9 Å². The highest BCUT2D eigenvalue weighted by Gasteiger charge is 2.35. The van der Waals surface area contributed by atoms with E-state index in [1.165, 1.54) is 16.2 Å². The van der Waals surface area contributed by atoms with Gasteiger partial charge < -0.3 is 9.80 Å². The molecule has 1 saturated heterocycles. The lowest BCUT2D eigenvalue weighted by Gasteiger charge is -2.11. The Morgan fingerprint density at radius 1 is 1.04 bits per heavy atom. The number of benzene rings is 1. The number of carbonyl (C=O) groups excluding carboxylic acids is 1. The van der Waals surface area contributed by atoms with Crippen molar-refractivity contribution in [2.24, 2.45) is 0 Å². The van der Waals surface area contributed by atoms with Gasteiger partial charge in [-0.3, -0.25) is 19.1 Å². The third-order valence-electron chi connectivity index (χ3n) is 4.75. The van der Waals surface area contributed by atoms with Crippen molar-refractivity contribution in [1.82, 2.24) is 14.4 Å². The van der Waals surface area contributed by atoms with Crippen molar-refractivity contribution in [1.29, 1.82) is 0 Å². The Labute approximate surface area is 170 Å². The second kappa shape index (κ2) is 6.50. The van der Waals surface area contributed by atoms with E-state index in [4.69, 9.17) is 12.2 Å². The van der Waals surface area contributed by atoms with Gasteiger partial charge in [0.05, 0.1) is 5.69 Å². The Morgan fingerprint density at radius 2 is 1.74 bits per heavy atom. The third kappa shape index (κ3) is 2.56. The number of amides is 1. The van der Waals surface area contributed by atoms with Crippen LogP contribution in [0.15, 0.2) is 34.0 Å². The molecule has 0 radical (unpaired) electrons. The van der Waals surface area contributed by atoms with Crippen LogP contribution in [0.25, 0.3) is 10.7 Å². The molecule has 3 heterocycles. The SMILES string of the molecule is CCn1c(=C2C(=O)N(C)C(=S)N2C)s/c(=C2\Sc3ccccc3N2C)c1=O. The molecule has 1 amide bonds.